The first-order valence-electron chi connectivity index (χ1n) is 11.4. The number of aliphatic imine (C=N–C) groups is 1. The van der Waals surface area contributed by atoms with Crippen molar-refractivity contribution in [1.29, 1.82) is 0 Å². The fraction of sp³-hybridized carbons (Fsp3) is 0.476. The SMILES string of the molecule is CS(=O)(=O)c1cccc(C(=O)NC2C[N+]3=C(N)N[C@@H](CN4C(=O)CCC4=O)[C@@H]4N=C(N)N[C@@]43C2(O)O)c1. The van der Waals surface area contributed by atoms with Crippen molar-refractivity contribution in [3.05, 3.63) is 29.8 Å². The molecule has 4 aliphatic rings. The van der Waals surface area contributed by atoms with Gasteiger partial charge in [0.2, 0.25) is 23.3 Å². The lowest BCUT2D eigenvalue weighted by atomic mass is 9.85. The first kappa shape index (κ1) is 24.9. The zero-order chi connectivity index (χ0) is 26.9. The van der Waals surface area contributed by atoms with Crippen molar-refractivity contribution in [3.63, 3.8) is 0 Å². The van der Waals surface area contributed by atoms with Crippen molar-refractivity contribution in [2.24, 2.45) is 16.5 Å². The highest BCUT2D eigenvalue weighted by Crippen LogP contribution is 2.41. The first-order chi connectivity index (χ1) is 17.3. The summed E-state index contributed by atoms with van der Waals surface area (Å²) in [6.45, 7) is -0.327. The number of likely N-dealkylation sites (tertiary alicyclic amines) is 1. The minimum absolute atomic E-state index is 0.00759. The van der Waals surface area contributed by atoms with Crippen molar-refractivity contribution in [1.82, 2.24) is 20.9 Å². The lowest BCUT2D eigenvalue weighted by molar-refractivity contribution is -0.623. The average Bonchev–Trinajstić information content (AvgIpc) is 3.41. The van der Waals surface area contributed by atoms with Crippen LogP contribution in [0.1, 0.15) is 23.2 Å². The van der Waals surface area contributed by atoms with E-state index in [0.29, 0.717) is 0 Å². The molecule has 0 aromatic heterocycles. The molecule has 16 heteroatoms. The van der Waals surface area contributed by atoms with Gasteiger partial charge in [-0.3, -0.25) is 30.3 Å². The van der Waals surface area contributed by atoms with Gasteiger partial charge in [0.15, 0.2) is 15.8 Å². The van der Waals surface area contributed by atoms with E-state index in [1.54, 1.807) is 0 Å². The van der Waals surface area contributed by atoms with Crippen LogP contribution in [0.5, 0.6) is 0 Å². The number of sulfone groups is 1. The monoisotopic (exact) mass is 535 g/mol. The van der Waals surface area contributed by atoms with Crippen LogP contribution < -0.4 is 27.4 Å². The number of nitrogens with one attached hydrogen (secondary N) is 3. The van der Waals surface area contributed by atoms with Crippen LogP contribution in [-0.4, -0.2) is 107 Å². The molecule has 4 atom stereocenters. The number of hydrogen-bond donors (Lipinski definition) is 7. The van der Waals surface area contributed by atoms with Gasteiger partial charge < -0.3 is 26.6 Å². The van der Waals surface area contributed by atoms with Gasteiger partial charge in [0.05, 0.1) is 18.0 Å². The molecule has 0 bridgehead atoms. The maximum absolute atomic E-state index is 13.0. The van der Waals surface area contributed by atoms with E-state index in [0.717, 1.165) is 11.2 Å². The van der Waals surface area contributed by atoms with Crippen LogP contribution in [-0.2, 0) is 19.4 Å². The minimum Gasteiger partial charge on any atom is -0.370 e. The zero-order valence-corrected chi connectivity index (χ0v) is 20.5. The van der Waals surface area contributed by atoms with Gasteiger partial charge in [0, 0.05) is 24.7 Å². The maximum Gasteiger partial charge on any atom is 0.346 e. The molecule has 5 rings (SSSR count). The molecule has 0 radical (unpaired) electrons. The highest BCUT2D eigenvalue weighted by atomic mass is 32.2. The van der Waals surface area contributed by atoms with E-state index in [-0.39, 0.29) is 60.1 Å². The Morgan fingerprint density at radius 3 is 2.59 bits per heavy atom. The molecule has 37 heavy (non-hydrogen) atoms. The number of rotatable bonds is 5. The van der Waals surface area contributed by atoms with E-state index >= 15 is 0 Å². The Kier molecular flexibility index (Phi) is 5.47. The van der Waals surface area contributed by atoms with Gasteiger partial charge in [-0.1, -0.05) is 6.07 Å². The third kappa shape index (κ3) is 3.70. The van der Waals surface area contributed by atoms with Crippen LogP contribution in [0.2, 0.25) is 0 Å². The van der Waals surface area contributed by atoms with E-state index in [1.165, 1.54) is 28.8 Å². The number of hydrogen-bond acceptors (Lipinski definition) is 12. The first-order valence-corrected chi connectivity index (χ1v) is 13.3. The molecule has 3 amide bonds. The molecular weight excluding hydrogens is 508 g/mol. The summed E-state index contributed by atoms with van der Waals surface area (Å²) in [5.41, 5.74) is 10.4. The van der Waals surface area contributed by atoms with Crippen molar-refractivity contribution in [2.75, 3.05) is 19.3 Å². The van der Waals surface area contributed by atoms with Gasteiger partial charge in [-0.25, -0.2) is 18.0 Å². The third-order valence-corrected chi connectivity index (χ3v) is 8.34. The second kappa shape index (κ2) is 8.12. The summed E-state index contributed by atoms with van der Waals surface area (Å²) in [5.74, 6) is -4.33. The predicted molar refractivity (Wildman–Crippen MR) is 126 cm³/mol. The number of imide groups is 1. The number of carbonyl (C=O) groups excluding carboxylic acids is 3. The fourth-order valence-corrected chi connectivity index (χ4v) is 6.11. The number of carbonyl (C=O) groups is 3. The van der Waals surface area contributed by atoms with Crippen molar-refractivity contribution >= 4 is 39.5 Å². The molecule has 15 nitrogen and oxygen atoms in total. The number of nitrogens with two attached hydrogens (primary N) is 2. The number of nitrogens with zero attached hydrogens (tertiary/aromatic N) is 3. The van der Waals surface area contributed by atoms with Gasteiger partial charge in [-0.05, 0) is 18.2 Å². The zero-order valence-electron chi connectivity index (χ0n) is 19.7. The van der Waals surface area contributed by atoms with Gasteiger partial charge in [-0.15, -0.1) is 0 Å². The largest absolute Gasteiger partial charge is 0.370 e. The maximum atomic E-state index is 13.0. The molecule has 1 aromatic carbocycles. The van der Waals surface area contributed by atoms with Gasteiger partial charge in [-0.2, -0.15) is 0 Å². The summed E-state index contributed by atoms with van der Waals surface area (Å²) in [7, 11) is -3.58. The second-order valence-electron chi connectivity index (χ2n) is 9.55. The summed E-state index contributed by atoms with van der Waals surface area (Å²) in [6, 6.07) is 2.11. The molecule has 198 valence electrons. The van der Waals surface area contributed by atoms with Crippen molar-refractivity contribution in [3.8, 4) is 0 Å². The Hall–Kier alpha value is -3.76. The molecule has 9 N–H and O–H groups in total. The molecule has 2 fully saturated rings. The smallest absolute Gasteiger partial charge is 0.346 e. The summed E-state index contributed by atoms with van der Waals surface area (Å²) >= 11 is 0. The summed E-state index contributed by atoms with van der Waals surface area (Å²) < 4.78 is 25.2. The molecule has 4 aliphatic heterocycles. The summed E-state index contributed by atoms with van der Waals surface area (Å²) in [6.07, 6.45) is 1.16. The lowest BCUT2D eigenvalue weighted by Gasteiger charge is -2.44. The van der Waals surface area contributed by atoms with E-state index in [9.17, 15) is 33.0 Å². The third-order valence-electron chi connectivity index (χ3n) is 7.23. The Balaban J connectivity index is 1.46. The molecule has 1 aromatic rings. The van der Waals surface area contributed by atoms with Crippen molar-refractivity contribution < 1.29 is 37.6 Å². The van der Waals surface area contributed by atoms with E-state index in [4.69, 9.17) is 11.5 Å². The Morgan fingerprint density at radius 1 is 1.27 bits per heavy atom. The fourth-order valence-electron chi connectivity index (χ4n) is 5.44. The van der Waals surface area contributed by atoms with E-state index < -0.39 is 45.3 Å². The molecule has 4 heterocycles. The molecular formula is C21H27N8O7S+. The van der Waals surface area contributed by atoms with Crippen LogP contribution in [0, 0.1) is 0 Å². The van der Waals surface area contributed by atoms with E-state index in [2.05, 4.69) is 20.9 Å². The quantitative estimate of drug-likeness (QED) is 0.107. The summed E-state index contributed by atoms with van der Waals surface area (Å²) in [4.78, 5) is 42.8. The normalized spacial score (nSPS) is 30.4. The Morgan fingerprint density at radius 2 is 1.95 bits per heavy atom. The van der Waals surface area contributed by atoms with Crippen molar-refractivity contribution in [2.45, 2.75) is 47.3 Å². The predicted octanol–water partition coefficient (Wildman–Crippen LogP) is -4.69. The topological polar surface area (TPSA) is 233 Å². The number of amides is 3. The Labute approximate surface area is 211 Å². The molecule has 0 saturated carbocycles. The van der Waals surface area contributed by atoms with Crippen LogP contribution >= 0.6 is 0 Å². The van der Waals surface area contributed by atoms with Gasteiger partial charge in [0.25, 0.3) is 5.91 Å². The summed E-state index contributed by atoms with van der Waals surface area (Å²) in [5, 5.41) is 31.3. The molecule has 2 saturated heterocycles. The van der Waals surface area contributed by atoms with E-state index in [1.807, 2.05) is 0 Å². The minimum atomic E-state index is -3.58. The van der Waals surface area contributed by atoms with Gasteiger partial charge in [0.1, 0.15) is 18.1 Å². The average molecular weight is 536 g/mol. The standard InChI is InChI=1S/C21H26N8O7S/c1-37(35,36)11-4-2-3-10(7-11)17(32)25-13-9-29-19(23)24-12(8-28-14(30)5-6-15(28)31)16-20(29,21(13,33)34)27-18(22)26-16/h2-4,7,12-13,16,33-34H,5-6,8-9H2,1H3,(H6,22,23,24,25,26,27,32)/p+1/t12-,13?,16-,20-/m0/s1. The molecule has 1 unspecified atom stereocenters. The van der Waals surface area contributed by atoms with Gasteiger partial charge >= 0.3 is 5.96 Å². The number of benzene rings is 1. The van der Waals surface area contributed by atoms with Crippen LogP contribution in [0.25, 0.3) is 0 Å². The number of aliphatic hydroxyl groups is 2. The van der Waals surface area contributed by atoms with Crippen LogP contribution in [0.4, 0.5) is 0 Å². The lowest BCUT2D eigenvalue weighted by Crippen LogP contribution is -2.79. The molecule has 0 aliphatic carbocycles. The number of guanidine groups is 2. The Bertz CT molecular complexity index is 1370. The molecule has 1 spiro atoms. The van der Waals surface area contributed by atoms with Crippen LogP contribution in [0.3, 0.4) is 0 Å². The van der Waals surface area contributed by atoms with Crippen LogP contribution in [0.15, 0.2) is 34.2 Å². The highest BCUT2D eigenvalue weighted by molar-refractivity contribution is 7.90. The second-order valence-corrected chi connectivity index (χ2v) is 11.6. The highest BCUT2D eigenvalue weighted by Gasteiger charge is 2.75.